The maximum Gasteiger partial charge on any atom is 0.229 e. The van der Waals surface area contributed by atoms with Crippen LogP contribution < -0.4 is 10.2 Å². The SMILES string of the molecule is OCCN(CCO)c1nc(NCc2ccccc2)c2cn[nH]c2n1. The molecule has 0 unspecified atom stereocenters. The van der Waals surface area contributed by atoms with Gasteiger partial charge in [-0.1, -0.05) is 30.3 Å². The number of aromatic amines is 1. The predicted octanol–water partition coefficient (Wildman–Crippen LogP) is 0.756. The van der Waals surface area contributed by atoms with Gasteiger partial charge in [0.25, 0.3) is 0 Å². The lowest BCUT2D eigenvalue weighted by Gasteiger charge is -2.21. The number of aromatic nitrogens is 4. The molecule has 0 aliphatic rings. The third-order valence-electron chi connectivity index (χ3n) is 3.62. The first-order valence-corrected chi connectivity index (χ1v) is 7.77. The van der Waals surface area contributed by atoms with Crippen LogP contribution >= 0.6 is 0 Å². The first-order valence-electron chi connectivity index (χ1n) is 7.77. The maximum atomic E-state index is 9.20. The van der Waals surface area contributed by atoms with E-state index in [0.717, 1.165) is 10.9 Å². The smallest absolute Gasteiger partial charge is 0.229 e. The molecule has 0 atom stereocenters. The number of hydrogen-bond acceptors (Lipinski definition) is 7. The third kappa shape index (κ3) is 3.61. The van der Waals surface area contributed by atoms with Crippen LogP contribution in [0, 0.1) is 0 Å². The van der Waals surface area contributed by atoms with Crippen LogP contribution in [0.1, 0.15) is 5.56 Å². The Hall–Kier alpha value is -2.71. The summed E-state index contributed by atoms with van der Waals surface area (Å²) in [5.74, 6) is 1.10. The Labute approximate surface area is 139 Å². The Bertz CT molecular complexity index is 771. The van der Waals surface area contributed by atoms with Crippen LogP contribution in [0.2, 0.25) is 0 Å². The average Bonchev–Trinajstić information content (AvgIpc) is 3.09. The van der Waals surface area contributed by atoms with Gasteiger partial charge in [0.1, 0.15) is 5.82 Å². The lowest BCUT2D eigenvalue weighted by Crippen LogP contribution is -2.31. The summed E-state index contributed by atoms with van der Waals surface area (Å²) in [6.07, 6.45) is 1.68. The van der Waals surface area contributed by atoms with Crippen molar-refractivity contribution in [3.63, 3.8) is 0 Å². The maximum absolute atomic E-state index is 9.20. The van der Waals surface area contributed by atoms with E-state index in [9.17, 15) is 10.2 Å². The minimum absolute atomic E-state index is 0.0445. The zero-order chi connectivity index (χ0) is 16.8. The van der Waals surface area contributed by atoms with E-state index in [1.807, 2.05) is 30.3 Å². The monoisotopic (exact) mass is 328 g/mol. The Balaban J connectivity index is 1.89. The Morgan fingerprint density at radius 1 is 1.04 bits per heavy atom. The van der Waals surface area contributed by atoms with E-state index in [1.54, 1.807) is 11.1 Å². The molecule has 0 amide bonds. The van der Waals surface area contributed by atoms with Crippen molar-refractivity contribution in [2.45, 2.75) is 6.54 Å². The highest BCUT2D eigenvalue weighted by molar-refractivity contribution is 5.87. The van der Waals surface area contributed by atoms with Crippen LogP contribution in [-0.4, -0.2) is 56.7 Å². The van der Waals surface area contributed by atoms with Crippen LogP contribution in [0.4, 0.5) is 11.8 Å². The number of aliphatic hydroxyl groups excluding tert-OH is 2. The fourth-order valence-corrected chi connectivity index (χ4v) is 2.43. The summed E-state index contributed by atoms with van der Waals surface area (Å²) in [5, 5.41) is 29.4. The highest BCUT2D eigenvalue weighted by Crippen LogP contribution is 2.22. The van der Waals surface area contributed by atoms with Gasteiger partial charge < -0.3 is 20.4 Å². The highest BCUT2D eigenvalue weighted by Gasteiger charge is 2.14. The first kappa shape index (κ1) is 16.2. The number of benzene rings is 1. The quantitative estimate of drug-likeness (QED) is 0.483. The summed E-state index contributed by atoms with van der Waals surface area (Å²) < 4.78 is 0. The molecule has 2 aromatic heterocycles. The normalized spacial score (nSPS) is 10.9. The molecule has 24 heavy (non-hydrogen) atoms. The molecule has 0 aliphatic heterocycles. The van der Waals surface area contributed by atoms with E-state index in [2.05, 4.69) is 25.5 Å². The number of rotatable bonds is 8. The van der Waals surface area contributed by atoms with Crippen LogP contribution in [0.5, 0.6) is 0 Å². The fraction of sp³-hybridized carbons (Fsp3) is 0.312. The van der Waals surface area contributed by atoms with Gasteiger partial charge in [0, 0.05) is 19.6 Å². The average molecular weight is 328 g/mol. The molecule has 1 aromatic carbocycles. The molecule has 0 bridgehead atoms. The van der Waals surface area contributed by atoms with Crippen molar-refractivity contribution >= 4 is 22.8 Å². The van der Waals surface area contributed by atoms with Crippen molar-refractivity contribution in [3.05, 3.63) is 42.1 Å². The second-order valence-corrected chi connectivity index (χ2v) is 5.28. The Kier molecular flexibility index (Phi) is 5.19. The molecule has 0 spiro atoms. The van der Waals surface area contributed by atoms with Crippen molar-refractivity contribution < 1.29 is 10.2 Å². The predicted molar refractivity (Wildman–Crippen MR) is 91.8 cm³/mol. The second-order valence-electron chi connectivity index (χ2n) is 5.28. The van der Waals surface area contributed by atoms with E-state index in [4.69, 9.17) is 0 Å². The minimum atomic E-state index is -0.0445. The highest BCUT2D eigenvalue weighted by atomic mass is 16.3. The zero-order valence-electron chi connectivity index (χ0n) is 13.2. The van der Waals surface area contributed by atoms with E-state index < -0.39 is 0 Å². The summed E-state index contributed by atoms with van der Waals surface area (Å²) in [7, 11) is 0. The van der Waals surface area contributed by atoms with Gasteiger partial charge in [-0.2, -0.15) is 15.1 Å². The molecular formula is C16H20N6O2. The number of hydrogen-bond donors (Lipinski definition) is 4. The number of nitrogens with zero attached hydrogens (tertiary/aromatic N) is 4. The summed E-state index contributed by atoms with van der Waals surface area (Å²) in [5.41, 5.74) is 1.74. The molecule has 0 aliphatic carbocycles. The van der Waals surface area contributed by atoms with E-state index in [-0.39, 0.29) is 13.2 Å². The third-order valence-corrected chi connectivity index (χ3v) is 3.62. The van der Waals surface area contributed by atoms with E-state index >= 15 is 0 Å². The number of fused-ring (bicyclic) bond motifs is 1. The van der Waals surface area contributed by atoms with Crippen LogP contribution in [-0.2, 0) is 6.54 Å². The Morgan fingerprint density at radius 2 is 1.79 bits per heavy atom. The number of aliphatic hydroxyl groups is 2. The van der Waals surface area contributed by atoms with Gasteiger partial charge in [0.2, 0.25) is 5.95 Å². The van der Waals surface area contributed by atoms with Crippen molar-refractivity contribution in [3.8, 4) is 0 Å². The van der Waals surface area contributed by atoms with Crippen molar-refractivity contribution in [1.82, 2.24) is 20.2 Å². The van der Waals surface area contributed by atoms with Gasteiger partial charge in [-0.3, -0.25) is 5.10 Å². The van der Waals surface area contributed by atoms with Gasteiger partial charge in [0.05, 0.1) is 24.8 Å². The Morgan fingerprint density at radius 3 is 2.50 bits per heavy atom. The molecule has 8 nitrogen and oxygen atoms in total. The molecule has 126 valence electrons. The van der Waals surface area contributed by atoms with Crippen LogP contribution in [0.25, 0.3) is 11.0 Å². The van der Waals surface area contributed by atoms with Gasteiger partial charge in [-0.15, -0.1) is 0 Å². The molecule has 0 radical (unpaired) electrons. The van der Waals surface area contributed by atoms with E-state index in [0.29, 0.717) is 37.0 Å². The molecular weight excluding hydrogens is 308 g/mol. The molecule has 2 heterocycles. The van der Waals surface area contributed by atoms with Gasteiger partial charge >= 0.3 is 0 Å². The second kappa shape index (κ2) is 7.71. The van der Waals surface area contributed by atoms with Crippen molar-refractivity contribution in [2.75, 3.05) is 36.5 Å². The zero-order valence-corrected chi connectivity index (χ0v) is 13.2. The number of nitrogens with one attached hydrogen (secondary N) is 2. The molecule has 0 saturated heterocycles. The number of H-pyrrole nitrogens is 1. The van der Waals surface area contributed by atoms with Gasteiger partial charge in [0.15, 0.2) is 5.65 Å². The van der Waals surface area contributed by atoms with Gasteiger partial charge in [-0.05, 0) is 5.56 Å². The molecule has 3 rings (SSSR count). The van der Waals surface area contributed by atoms with E-state index in [1.165, 1.54) is 0 Å². The largest absolute Gasteiger partial charge is 0.395 e. The first-order chi connectivity index (χ1) is 11.8. The molecule has 8 heteroatoms. The van der Waals surface area contributed by atoms with Gasteiger partial charge in [-0.25, -0.2) is 0 Å². The molecule has 3 aromatic rings. The molecule has 0 fully saturated rings. The summed E-state index contributed by atoms with van der Waals surface area (Å²) in [4.78, 5) is 10.7. The summed E-state index contributed by atoms with van der Waals surface area (Å²) in [6.45, 7) is 1.22. The summed E-state index contributed by atoms with van der Waals surface area (Å²) >= 11 is 0. The standard InChI is InChI=1S/C16H20N6O2/c23-8-6-22(7-9-24)16-19-14(13-11-18-21-15(13)20-16)17-10-12-4-2-1-3-5-12/h1-5,11,23-24H,6-10H2,(H2,17,18,19,20,21). The van der Waals surface area contributed by atoms with Crippen LogP contribution in [0.3, 0.4) is 0 Å². The lowest BCUT2D eigenvalue weighted by atomic mass is 10.2. The fourth-order valence-electron chi connectivity index (χ4n) is 2.43. The van der Waals surface area contributed by atoms with Crippen LogP contribution in [0.15, 0.2) is 36.5 Å². The van der Waals surface area contributed by atoms with Crippen molar-refractivity contribution in [2.24, 2.45) is 0 Å². The minimum Gasteiger partial charge on any atom is -0.395 e. The topological polar surface area (TPSA) is 110 Å². The molecule has 0 saturated carbocycles. The van der Waals surface area contributed by atoms with Crippen molar-refractivity contribution in [1.29, 1.82) is 0 Å². The molecule has 4 N–H and O–H groups in total. The lowest BCUT2D eigenvalue weighted by molar-refractivity contribution is 0.280. The summed E-state index contributed by atoms with van der Waals surface area (Å²) in [6, 6.07) is 10.0. The number of anilines is 2.